The van der Waals surface area contributed by atoms with Gasteiger partial charge in [0, 0.05) is 5.56 Å². The third-order valence-corrected chi connectivity index (χ3v) is 2.69. The van der Waals surface area contributed by atoms with E-state index in [1.54, 1.807) is 0 Å². The summed E-state index contributed by atoms with van der Waals surface area (Å²) in [6.45, 7) is 0. The molecule has 0 atom stereocenters. The van der Waals surface area contributed by atoms with E-state index < -0.39 is 40.4 Å². The van der Waals surface area contributed by atoms with Crippen molar-refractivity contribution in [1.82, 2.24) is 0 Å². The summed E-state index contributed by atoms with van der Waals surface area (Å²) in [5.41, 5.74) is -1.81. The van der Waals surface area contributed by atoms with E-state index >= 15 is 0 Å². The van der Waals surface area contributed by atoms with E-state index in [-0.39, 0.29) is 11.3 Å². The monoisotopic (exact) mass is 300 g/mol. The number of ketones is 1. The highest BCUT2D eigenvalue weighted by Crippen LogP contribution is 2.25. The molecule has 2 nitrogen and oxygen atoms in total. The lowest BCUT2D eigenvalue weighted by atomic mass is 10.0. The van der Waals surface area contributed by atoms with Crippen molar-refractivity contribution in [2.75, 3.05) is 0 Å². The van der Waals surface area contributed by atoms with Crippen LogP contribution in [0.25, 0.3) is 0 Å². The molecule has 7 heteroatoms. The second kappa shape index (κ2) is 5.51. The first-order valence-electron chi connectivity index (χ1n) is 5.41. The third kappa shape index (κ3) is 2.46. The van der Waals surface area contributed by atoms with Crippen LogP contribution in [-0.4, -0.2) is 5.78 Å². The van der Waals surface area contributed by atoms with Crippen molar-refractivity contribution in [3.05, 3.63) is 71.6 Å². The molecule has 0 unspecified atom stereocenters. The van der Waals surface area contributed by atoms with Gasteiger partial charge in [-0.05, 0) is 24.3 Å². The Balaban J connectivity index is 2.58. The Labute approximate surface area is 115 Å². The first kappa shape index (κ1) is 15.0. The highest BCUT2D eigenvalue weighted by Gasteiger charge is 2.30. The van der Waals surface area contributed by atoms with Crippen molar-refractivity contribution in [2.24, 2.45) is 0 Å². The van der Waals surface area contributed by atoms with E-state index in [4.69, 9.17) is 7.11 Å². The molecule has 0 heterocycles. The van der Waals surface area contributed by atoms with E-state index in [2.05, 4.69) is 4.74 Å². The standard InChI is InChI=1S/C14H5F5O2/c1-21-7-4-2-6(3-5-7)14(20)8-9(15)11(17)13(19)12(18)10(8)16/h1-5H. The molecular formula is C14H5F5O2. The predicted octanol–water partition coefficient (Wildman–Crippen LogP) is 3.66. The summed E-state index contributed by atoms with van der Waals surface area (Å²) in [6, 6.07) is 4.53. The van der Waals surface area contributed by atoms with Crippen molar-refractivity contribution < 1.29 is 31.5 Å². The normalized spacial score (nSPS) is 10.6. The molecule has 0 bridgehead atoms. The van der Waals surface area contributed by atoms with E-state index in [0.29, 0.717) is 0 Å². The van der Waals surface area contributed by atoms with Crippen LogP contribution in [0, 0.1) is 36.2 Å². The number of carbonyl (C=O) groups is 1. The van der Waals surface area contributed by atoms with Crippen molar-refractivity contribution in [3.8, 4) is 5.75 Å². The second-order valence-electron chi connectivity index (χ2n) is 3.92. The minimum Gasteiger partial charge on any atom is -0.482 e. The molecule has 0 aliphatic carbocycles. The lowest BCUT2D eigenvalue weighted by Gasteiger charge is -2.08. The Kier molecular flexibility index (Phi) is 3.93. The summed E-state index contributed by atoms with van der Waals surface area (Å²) in [5.74, 6) is -12.3. The molecule has 0 aliphatic heterocycles. The zero-order chi connectivity index (χ0) is 15.7. The maximum absolute atomic E-state index is 13.5. The Morgan fingerprint density at radius 2 is 1.24 bits per heavy atom. The predicted molar refractivity (Wildman–Crippen MR) is 61.0 cm³/mol. The second-order valence-corrected chi connectivity index (χ2v) is 3.92. The molecule has 0 amide bonds. The average molecular weight is 300 g/mol. The Hall–Kier alpha value is -2.44. The highest BCUT2D eigenvalue weighted by molar-refractivity contribution is 6.09. The Bertz CT molecular complexity index is 681. The minimum absolute atomic E-state index is 0.143. The molecule has 108 valence electrons. The molecular weight excluding hydrogens is 295 g/mol. The highest BCUT2D eigenvalue weighted by atomic mass is 19.2. The first-order chi connectivity index (χ1) is 9.88. The van der Waals surface area contributed by atoms with E-state index in [9.17, 15) is 26.7 Å². The molecule has 0 fully saturated rings. The maximum atomic E-state index is 13.5. The van der Waals surface area contributed by atoms with E-state index in [0.717, 1.165) is 12.1 Å². The fourth-order valence-electron chi connectivity index (χ4n) is 1.63. The van der Waals surface area contributed by atoms with Crippen LogP contribution in [0.2, 0.25) is 0 Å². The van der Waals surface area contributed by atoms with Crippen molar-refractivity contribution in [3.63, 3.8) is 0 Å². The lowest BCUT2D eigenvalue weighted by Crippen LogP contribution is -2.13. The molecule has 2 rings (SSSR count). The number of carbonyl (C=O) groups excluding carboxylic acids is 1. The van der Waals surface area contributed by atoms with Gasteiger partial charge in [0.25, 0.3) is 0 Å². The van der Waals surface area contributed by atoms with Gasteiger partial charge in [0.05, 0.1) is 0 Å². The molecule has 0 saturated carbocycles. The number of ether oxygens (including phenoxy) is 1. The van der Waals surface area contributed by atoms with Gasteiger partial charge in [-0.2, -0.15) is 0 Å². The Morgan fingerprint density at radius 3 is 1.67 bits per heavy atom. The Morgan fingerprint density at radius 1 is 0.810 bits per heavy atom. The van der Waals surface area contributed by atoms with Crippen LogP contribution in [0.4, 0.5) is 22.0 Å². The van der Waals surface area contributed by atoms with Crippen LogP contribution in [0.15, 0.2) is 24.3 Å². The zero-order valence-electron chi connectivity index (χ0n) is 10.1. The number of rotatable bonds is 3. The van der Waals surface area contributed by atoms with Crippen LogP contribution in [0.3, 0.4) is 0 Å². The molecule has 2 aromatic carbocycles. The van der Waals surface area contributed by atoms with Gasteiger partial charge < -0.3 is 4.74 Å². The first-order valence-corrected chi connectivity index (χ1v) is 5.41. The zero-order valence-corrected chi connectivity index (χ0v) is 10.1. The number of halogens is 5. The van der Waals surface area contributed by atoms with Gasteiger partial charge >= 0.3 is 0 Å². The van der Waals surface area contributed by atoms with Crippen LogP contribution in [-0.2, 0) is 0 Å². The summed E-state index contributed by atoms with van der Waals surface area (Å²) in [7, 11) is 4.85. The summed E-state index contributed by atoms with van der Waals surface area (Å²) < 4.78 is 70.3. The number of hydrogen-bond acceptors (Lipinski definition) is 2. The maximum Gasteiger partial charge on any atom is 0.200 e. The van der Waals surface area contributed by atoms with E-state index in [1.807, 2.05) is 0 Å². The SMILES string of the molecule is [CH]Oc1ccc(C(=O)c2c(F)c(F)c(F)c(F)c2F)cc1. The molecule has 0 N–H and O–H groups in total. The summed E-state index contributed by atoms with van der Waals surface area (Å²) >= 11 is 0. The fraction of sp³-hybridized carbons (Fsp3) is 0. The number of benzene rings is 2. The van der Waals surface area contributed by atoms with Crippen LogP contribution in [0.5, 0.6) is 5.75 Å². The largest absolute Gasteiger partial charge is 0.482 e. The molecule has 0 aromatic heterocycles. The van der Waals surface area contributed by atoms with Crippen LogP contribution < -0.4 is 4.74 Å². The van der Waals surface area contributed by atoms with E-state index in [1.165, 1.54) is 12.1 Å². The minimum atomic E-state index is -2.33. The molecule has 2 aromatic rings. The van der Waals surface area contributed by atoms with Gasteiger partial charge in [-0.15, -0.1) is 0 Å². The van der Waals surface area contributed by atoms with Crippen molar-refractivity contribution in [2.45, 2.75) is 0 Å². The molecule has 21 heavy (non-hydrogen) atoms. The molecule has 0 saturated heterocycles. The molecule has 0 spiro atoms. The average Bonchev–Trinajstić information content (AvgIpc) is 2.51. The van der Waals surface area contributed by atoms with Gasteiger partial charge in [-0.25, -0.2) is 22.0 Å². The van der Waals surface area contributed by atoms with Gasteiger partial charge in [-0.3, -0.25) is 4.79 Å². The topological polar surface area (TPSA) is 26.3 Å². The van der Waals surface area contributed by atoms with Gasteiger partial charge in [-0.1, -0.05) is 0 Å². The van der Waals surface area contributed by atoms with Crippen molar-refractivity contribution >= 4 is 5.78 Å². The number of hydrogen-bond donors (Lipinski definition) is 0. The molecule has 0 aliphatic rings. The smallest absolute Gasteiger partial charge is 0.200 e. The van der Waals surface area contributed by atoms with Crippen LogP contribution in [0.1, 0.15) is 15.9 Å². The van der Waals surface area contributed by atoms with Gasteiger partial charge in [0.1, 0.15) is 11.3 Å². The summed E-state index contributed by atoms with van der Waals surface area (Å²) in [4.78, 5) is 11.9. The fourth-order valence-corrected chi connectivity index (χ4v) is 1.63. The van der Waals surface area contributed by atoms with Crippen LogP contribution >= 0.6 is 0 Å². The summed E-state index contributed by atoms with van der Waals surface area (Å²) in [6.07, 6.45) is 0. The molecule has 2 radical (unpaired) electrons. The van der Waals surface area contributed by atoms with Gasteiger partial charge in [0.15, 0.2) is 36.2 Å². The lowest BCUT2D eigenvalue weighted by molar-refractivity contribution is 0.102. The third-order valence-electron chi connectivity index (χ3n) is 2.69. The quantitative estimate of drug-likeness (QED) is 0.374. The van der Waals surface area contributed by atoms with Gasteiger partial charge in [0.2, 0.25) is 5.82 Å². The summed E-state index contributed by atoms with van der Waals surface area (Å²) in [5, 5.41) is 0. The van der Waals surface area contributed by atoms with Crippen molar-refractivity contribution in [1.29, 1.82) is 0 Å².